The summed E-state index contributed by atoms with van der Waals surface area (Å²) in [5.74, 6) is 2.85. The van der Waals surface area contributed by atoms with Crippen molar-refractivity contribution in [2.24, 2.45) is 0 Å². The van der Waals surface area contributed by atoms with Crippen LogP contribution in [0.4, 0.5) is 5.82 Å². The van der Waals surface area contributed by atoms with E-state index in [1.54, 1.807) is 12.4 Å². The zero-order chi connectivity index (χ0) is 16.2. The number of nitrogens with zero attached hydrogens (tertiary/aromatic N) is 3. The van der Waals surface area contributed by atoms with Gasteiger partial charge in [0.05, 0.1) is 0 Å². The Morgan fingerprint density at radius 2 is 1.92 bits per heavy atom. The Bertz CT molecular complexity index is 691. The highest BCUT2D eigenvalue weighted by Crippen LogP contribution is 2.31. The topological polar surface area (TPSA) is 68.7 Å². The van der Waals surface area contributed by atoms with Gasteiger partial charge in [-0.2, -0.15) is 0 Å². The zero-order valence-corrected chi connectivity index (χ0v) is 13.4. The van der Waals surface area contributed by atoms with Crippen molar-refractivity contribution in [1.29, 1.82) is 0 Å². The summed E-state index contributed by atoms with van der Waals surface area (Å²) in [6, 6.07) is 7.66. The SMILES string of the molecule is c1ccc2c(c1)OC[C@H](COc1nccnc1N1CCNCC1)O2. The highest BCUT2D eigenvalue weighted by atomic mass is 16.6. The largest absolute Gasteiger partial charge is 0.486 e. The fourth-order valence-electron chi connectivity index (χ4n) is 2.83. The summed E-state index contributed by atoms with van der Waals surface area (Å²) in [5, 5.41) is 3.33. The molecule has 4 rings (SSSR count). The molecule has 1 aromatic carbocycles. The van der Waals surface area contributed by atoms with Gasteiger partial charge in [0.25, 0.3) is 5.88 Å². The molecule has 0 saturated carbocycles. The van der Waals surface area contributed by atoms with E-state index in [-0.39, 0.29) is 6.10 Å². The highest BCUT2D eigenvalue weighted by molar-refractivity contribution is 5.48. The average molecular weight is 328 g/mol. The molecule has 0 aliphatic carbocycles. The van der Waals surface area contributed by atoms with Gasteiger partial charge in [-0.05, 0) is 12.1 Å². The van der Waals surface area contributed by atoms with Gasteiger partial charge in [-0.25, -0.2) is 9.97 Å². The fraction of sp³-hybridized carbons (Fsp3) is 0.412. The van der Waals surface area contributed by atoms with Crippen LogP contribution in [0.3, 0.4) is 0 Å². The van der Waals surface area contributed by atoms with Gasteiger partial charge in [0.1, 0.15) is 13.2 Å². The number of aromatic nitrogens is 2. The molecule has 0 bridgehead atoms. The van der Waals surface area contributed by atoms with Gasteiger partial charge in [-0.3, -0.25) is 0 Å². The number of para-hydroxylation sites is 2. The molecule has 126 valence electrons. The standard InChI is InChI=1S/C17H20N4O3/c1-2-4-15-14(3-1)22-11-13(24-15)12-23-17-16(19-5-6-20-17)21-9-7-18-8-10-21/h1-6,13,18H,7-12H2/t13-/m1/s1. The molecule has 7 nitrogen and oxygen atoms in total. The van der Waals surface area contributed by atoms with Gasteiger partial charge in [0, 0.05) is 38.6 Å². The smallest absolute Gasteiger partial charge is 0.257 e. The Labute approximate surface area is 140 Å². The molecule has 0 radical (unpaired) electrons. The number of benzene rings is 1. The Balaban J connectivity index is 1.41. The Hall–Kier alpha value is -2.54. The van der Waals surface area contributed by atoms with Crippen LogP contribution in [0.25, 0.3) is 0 Å². The predicted octanol–water partition coefficient (Wildman–Crippen LogP) is 1.10. The number of ether oxygens (including phenoxy) is 3. The molecule has 2 aromatic rings. The summed E-state index contributed by atoms with van der Waals surface area (Å²) in [7, 11) is 0. The van der Waals surface area contributed by atoms with Gasteiger partial charge in [0.15, 0.2) is 23.4 Å². The molecule has 0 spiro atoms. The molecule has 1 fully saturated rings. The van der Waals surface area contributed by atoms with Crippen molar-refractivity contribution in [1.82, 2.24) is 15.3 Å². The van der Waals surface area contributed by atoms with E-state index in [1.165, 1.54) is 0 Å². The zero-order valence-electron chi connectivity index (χ0n) is 13.4. The molecular formula is C17H20N4O3. The monoisotopic (exact) mass is 328 g/mol. The molecule has 1 N–H and O–H groups in total. The van der Waals surface area contributed by atoms with E-state index in [0.29, 0.717) is 19.1 Å². The summed E-state index contributed by atoms with van der Waals surface area (Å²) in [4.78, 5) is 11.0. The molecule has 0 unspecified atom stereocenters. The van der Waals surface area contributed by atoms with Gasteiger partial charge in [-0.1, -0.05) is 12.1 Å². The Morgan fingerprint density at radius 3 is 2.79 bits per heavy atom. The lowest BCUT2D eigenvalue weighted by molar-refractivity contribution is 0.0522. The molecule has 1 atom stereocenters. The molecular weight excluding hydrogens is 308 g/mol. The van der Waals surface area contributed by atoms with Crippen LogP contribution in [0.5, 0.6) is 17.4 Å². The summed E-state index contributed by atoms with van der Waals surface area (Å²) in [6.45, 7) is 4.49. The normalized spacial score (nSPS) is 19.8. The van der Waals surface area contributed by atoms with Crippen LogP contribution >= 0.6 is 0 Å². The molecule has 2 aliphatic heterocycles. The molecule has 7 heteroatoms. The summed E-state index contributed by atoms with van der Waals surface area (Å²) in [5.41, 5.74) is 0. The minimum atomic E-state index is -0.169. The summed E-state index contributed by atoms with van der Waals surface area (Å²) in [6.07, 6.45) is 3.17. The summed E-state index contributed by atoms with van der Waals surface area (Å²) < 4.78 is 17.5. The van der Waals surface area contributed by atoms with Gasteiger partial charge in [-0.15, -0.1) is 0 Å². The van der Waals surface area contributed by atoms with Crippen molar-refractivity contribution in [2.45, 2.75) is 6.10 Å². The molecule has 1 saturated heterocycles. The number of hydrogen-bond acceptors (Lipinski definition) is 7. The van der Waals surface area contributed by atoms with Gasteiger partial charge in [0.2, 0.25) is 0 Å². The van der Waals surface area contributed by atoms with Crippen molar-refractivity contribution in [2.75, 3.05) is 44.3 Å². The van der Waals surface area contributed by atoms with Crippen LogP contribution < -0.4 is 24.4 Å². The van der Waals surface area contributed by atoms with E-state index in [4.69, 9.17) is 14.2 Å². The lowest BCUT2D eigenvalue weighted by Gasteiger charge is -2.30. The summed E-state index contributed by atoms with van der Waals surface area (Å²) >= 11 is 0. The lowest BCUT2D eigenvalue weighted by atomic mass is 10.3. The van der Waals surface area contributed by atoms with Crippen molar-refractivity contribution >= 4 is 5.82 Å². The minimum absolute atomic E-state index is 0.169. The van der Waals surface area contributed by atoms with Crippen molar-refractivity contribution < 1.29 is 14.2 Å². The van der Waals surface area contributed by atoms with E-state index in [9.17, 15) is 0 Å². The molecule has 0 amide bonds. The second kappa shape index (κ2) is 6.92. The van der Waals surface area contributed by atoms with Crippen LogP contribution in [0.1, 0.15) is 0 Å². The first-order chi connectivity index (χ1) is 11.9. The maximum Gasteiger partial charge on any atom is 0.257 e. The first kappa shape index (κ1) is 15.0. The lowest BCUT2D eigenvalue weighted by Crippen LogP contribution is -2.44. The number of rotatable bonds is 4. The number of hydrogen-bond donors (Lipinski definition) is 1. The number of piperazine rings is 1. The molecule has 1 aromatic heterocycles. The van der Waals surface area contributed by atoms with E-state index >= 15 is 0 Å². The quantitative estimate of drug-likeness (QED) is 0.901. The Morgan fingerprint density at radius 1 is 1.12 bits per heavy atom. The van der Waals surface area contributed by atoms with E-state index in [2.05, 4.69) is 20.2 Å². The van der Waals surface area contributed by atoms with E-state index in [1.807, 2.05) is 24.3 Å². The maximum absolute atomic E-state index is 5.92. The third kappa shape index (κ3) is 3.21. The second-order valence-electron chi connectivity index (χ2n) is 5.73. The highest BCUT2D eigenvalue weighted by Gasteiger charge is 2.23. The molecule has 24 heavy (non-hydrogen) atoms. The van der Waals surface area contributed by atoms with E-state index < -0.39 is 0 Å². The van der Waals surface area contributed by atoms with E-state index in [0.717, 1.165) is 43.5 Å². The van der Waals surface area contributed by atoms with Crippen LogP contribution in [-0.2, 0) is 0 Å². The number of nitrogens with one attached hydrogen (secondary N) is 1. The first-order valence-electron chi connectivity index (χ1n) is 8.18. The third-order valence-corrected chi connectivity index (χ3v) is 4.04. The van der Waals surface area contributed by atoms with Crippen molar-refractivity contribution in [3.8, 4) is 17.4 Å². The maximum atomic E-state index is 5.92. The van der Waals surface area contributed by atoms with Crippen molar-refractivity contribution in [3.05, 3.63) is 36.7 Å². The number of fused-ring (bicyclic) bond motifs is 1. The van der Waals surface area contributed by atoms with Gasteiger partial charge < -0.3 is 24.4 Å². The predicted molar refractivity (Wildman–Crippen MR) is 89.0 cm³/mol. The first-order valence-corrected chi connectivity index (χ1v) is 8.18. The fourth-order valence-corrected chi connectivity index (χ4v) is 2.83. The average Bonchev–Trinajstić information content (AvgIpc) is 2.67. The van der Waals surface area contributed by atoms with Crippen LogP contribution in [0.15, 0.2) is 36.7 Å². The third-order valence-electron chi connectivity index (χ3n) is 4.04. The van der Waals surface area contributed by atoms with Crippen molar-refractivity contribution in [3.63, 3.8) is 0 Å². The second-order valence-corrected chi connectivity index (χ2v) is 5.73. The van der Waals surface area contributed by atoms with Crippen LogP contribution in [0.2, 0.25) is 0 Å². The van der Waals surface area contributed by atoms with Gasteiger partial charge >= 0.3 is 0 Å². The Kier molecular flexibility index (Phi) is 4.33. The van der Waals surface area contributed by atoms with Crippen LogP contribution in [0, 0.1) is 0 Å². The minimum Gasteiger partial charge on any atom is -0.486 e. The molecule has 3 heterocycles. The van der Waals surface area contributed by atoms with Crippen LogP contribution in [-0.4, -0.2) is 55.5 Å². The molecule has 2 aliphatic rings. The number of anilines is 1.